The van der Waals surface area contributed by atoms with Crippen LogP contribution >= 0.6 is 34.7 Å². The van der Waals surface area contributed by atoms with Gasteiger partial charge < -0.3 is 5.11 Å². The molecular weight excluding hydrogens is 324 g/mol. The van der Waals surface area contributed by atoms with Crippen molar-refractivity contribution in [2.75, 3.05) is 11.1 Å². The van der Waals surface area contributed by atoms with Crippen molar-refractivity contribution >= 4 is 51.7 Å². The van der Waals surface area contributed by atoms with E-state index in [0.717, 1.165) is 23.1 Å². The first-order chi connectivity index (χ1) is 9.56. The maximum absolute atomic E-state index is 11.9. The lowest BCUT2D eigenvalue weighted by Crippen LogP contribution is -2.12. The van der Waals surface area contributed by atoms with Crippen molar-refractivity contribution in [3.05, 3.63) is 29.0 Å². The van der Waals surface area contributed by atoms with Crippen LogP contribution < -0.4 is 5.32 Å². The third-order valence-corrected chi connectivity index (χ3v) is 4.21. The number of carboxylic acid groups (broad SMARTS) is 1. The number of carbonyl (C=O) groups excluding carboxylic acids is 1. The zero-order valence-corrected chi connectivity index (χ0v) is 12.1. The van der Waals surface area contributed by atoms with Gasteiger partial charge in [-0.15, -0.1) is 10.2 Å². The van der Waals surface area contributed by atoms with Gasteiger partial charge in [0.05, 0.1) is 11.3 Å². The van der Waals surface area contributed by atoms with Crippen LogP contribution in [-0.4, -0.2) is 37.9 Å². The maximum atomic E-state index is 11.9. The van der Waals surface area contributed by atoms with E-state index in [1.807, 2.05) is 0 Å². The summed E-state index contributed by atoms with van der Waals surface area (Å²) < 4.78 is 0.458. The van der Waals surface area contributed by atoms with E-state index >= 15 is 0 Å². The van der Waals surface area contributed by atoms with Gasteiger partial charge in [0.25, 0.3) is 5.91 Å². The Balaban J connectivity index is 2.02. The Morgan fingerprint density at radius 2 is 2.25 bits per heavy atom. The van der Waals surface area contributed by atoms with E-state index < -0.39 is 11.9 Å². The van der Waals surface area contributed by atoms with Gasteiger partial charge in [0, 0.05) is 6.20 Å². The maximum Gasteiger partial charge on any atom is 0.313 e. The Morgan fingerprint density at radius 3 is 2.95 bits per heavy atom. The van der Waals surface area contributed by atoms with E-state index in [9.17, 15) is 9.59 Å². The topological polar surface area (TPSA) is 105 Å². The number of halogens is 1. The quantitative estimate of drug-likeness (QED) is 0.490. The van der Waals surface area contributed by atoms with Crippen LogP contribution in [-0.2, 0) is 4.79 Å². The zero-order valence-electron chi connectivity index (χ0n) is 9.74. The lowest BCUT2D eigenvalue weighted by molar-refractivity contribution is -0.133. The molecule has 2 rings (SSSR count). The number of aromatic nitrogens is 3. The van der Waals surface area contributed by atoms with Gasteiger partial charge in [0.1, 0.15) is 5.15 Å². The second-order valence-corrected chi connectivity index (χ2v) is 5.91. The number of thioether (sulfide) groups is 1. The average Bonchev–Trinajstić information content (AvgIpc) is 2.84. The van der Waals surface area contributed by atoms with Crippen LogP contribution in [0.25, 0.3) is 0 Å². The summed E-state index contributed by atoms with van der Waals surface area (Å²) in [6.45, 7) is 0. The summed E-state index contributed by atoms with van der Waals surface area (Å²) in [5.41, 5.74) is 0.226. The molecule has 0 aromatic carbocycles. The van der Waals surface area contributed by atoms with Gasteiger partial charge in [-0.1, -0.05) is 34.7 Å². The highest BCUT2D eigenvalue weighted by molar-refractivity contribution is 8.01. The number of carbonyl (C=O) groups is 2. The lowest BCUT2D eigenvalue weighted by Gasteiger charge is -2.01. The number of hydrogen-bond acceptors (Lipinski definition) is 7. The van der Waals surface area contributed by atoms with Crippen LogP contribution in [0, 0.1) is 0 Å². The summed E-state index contributed by atoms with van der Waals surface area (Å²) in [6.07, 6.45) is 1.48. The van der Waals surface area contributed by atoms with E-state index in [0.29, 0.717) is 4.34 Å². The predicted octanol–water partition coefficient (Wildman–Crippen LogP) is 2.02. The van der Waals surface area contributed by atoms with Gasteiger partial charge >= 0.3 is 5.97 Å². The molecule has 0 aliphatic rings. The molecule has 0 bridgehead atoms. The minimum Gasteiger partial charge on any atom is -0.481 e. The molecule has 0 saturated heterocycles. The third-order valence-electron chi connectivity index (χ3n) is 1.95. The summed E-state index contributed by atoms with van der Waals surface area (Å²) in [5.74, 6) is -1.51. The number of hydrogen-bond donors (Lipinski definition) is 2. The Kier molecular flexibility index (Phi) is 4.88. The molecule has 0 fully saturated rings. The standard InChI is InChI=1S/C10H7ClN4O3S2/c11-7-5(2-1-3-12-7)8(18)13-9-14-15-10(20-9)19-4-6(16)17/h1-3H,4H2,(H,16,17)(H,13,14,18). The second kappa shape index (κ2) is 6.64. The second-order valence-electron chi connectivity index (χ2n) is 3.35. The van der Waals surface area contributed by atoms with Gasteiger partial charge in [-0.3, -0.25) is 14.9 Å². The van der Waals surface area contributed by atoms with Crippen molar-refractivity contribution in [2.24, 2.45) is 0 Å². The van der Waals surface area contributed by atoms with Crippen LogP contribution in [0.3, 0.4) is 0 Å². The SMILES string of the molecule is O=C(O)CSc1nnc(NC(=O)c2cccnc2Cl)s1. The highest BCUT2D eigenvalue weighted by atomic mass is 35.5. The molecule has 20 heavy (non-hydrogen) atoms. The van der Waals surface area contributed by atoms with Crippen molar-refractivity contribution in [3.8, 4) is 0 Å². The molecule has 0 spiro atoms. The molecule has 7 nitrogen and oxygen atoms in total. The molecule has 104 valence electrons. The number of amides is 1. The van der Waals surface area contributed by atoms with E-state index in [2.05, 4.69) is 20.5 Å². The number of anilines is 1. The van der Waals surface area contributed by atoms with Crippen molar-refractivity contribution < 1.29 is 14.7 Å². The van der Waals surface area contributed by atoms with Crippen LogP contribution in [0.5, 0.6) is 0 Å². The molecular formula is C10H7ClN4O3S2. The van der Waals surface area contributed by atoms with Gasteiger partial charge in [-0.25, -0.2) is 4.98 Å². The van der Waals surface area contributed by atoms with Gasteiger partial charge in [0.2, 0.25) is 5.13 Å². The van der Waals surface area contributed by atoms with Crippen LogP contribution in [0.2, 0.25) is 5.15 Å². The molecule has 0 unspecified atom stereocenters. The molecule has 2 aromatic heterocycles. The number of carboxylic acids is 1. The fourth-order valence-electron chi connectivity index (χ4n) is 1.16. The van der Waals surface area contributed by atoms with Crippen LogP contribution in [0.15, 0.2) is 22.7 Å². The number of rotatable bonds is 5. The summed E-state index contributed by atoms with van der Waals surface area (Å²) in [6, 6.07) is 3.13. The van der Waals surface area contributed by atoms with Crippen molar-refractivity contribution in [3.63, 3.8) is 0 Å². The lowest BCUT2D eigenvalue weighted by atomic mass is 10.3. The fourth-order valence-corrected chi connectivity index (χ4v) is 2.83. The smallest absolute Gasteiger partial charge is 0.313 e. The fraction of sp³-hybridized carbons (Fsp3) is 0.100. The first-order valence-corrected chi connectivity index (χ1v) is 7.34. The molecule has 0 radical (unpaired) electrons. The van der Waals surface area contributed by atoms with E-state index in [4.69, 9.17) is 16.7 Å². The number of nitrogens with zero attached hydrogens (tertiary/aromatic N) is 3. The molecule has 0 saturated carbocycles. The molecule has 10 heteroatoms. The zero-order chi connectivity index (χ0) is 14.5. The highest BCUT2D eigenvalue weighted by Crippen LogP contribution is 2.25. The highest BCUT2D eigenvalue weighted by Gasteiger charge is 2.14. The Hall–Kier alpha value is -1.71. The van der Waals surface area contributed by atoms with Gasteiger partial charge in [-0.2, -0.15) is 0 Å². The summed E-state index contributed by atoms with van der Waals surface area (Å²) in [7, 11) is 0. The van der Waals surface area contributed by atoms with Gasteiger partial charge in [-0.05, 0) is 12.1 Å². The summed E-state index contributed by atoms with van der Waals surface area (Å²) in [4.78, 5) is 26.1. The average molecular weight is 331 g/mol. The largest absolute Gasteiger partial charge is 0.481 e. The van der Waals surface area contributed by atoms with Crippen LogP contribution in [0.1, 0.15) is 10.4 Å². The molecule has 1 amide bonds. The molecule has 2 aromatic rings. The summed E-state index contributed by atoms with van der Waals surface area (Å²) in [5, 5.41) is 18.9. The molecule has 0 atom stereocenters. The van der Waals surface area contributed by atoms with E-state index in [-0.39, 0.29) is 21.6 Å². The minimum absolute atomic E-state index is 0.0926. The third kappa shape index (κ3) is 3.89. The van der Waals surface area contributed by atoms with Crippen molar-refractivity contribution in [1.82, 2.24) is 15.2 Å². The first kappa shape index (κ1) is 14.7. The first-order valence-electron chi connectivity index (χ1n) is 5.16. The number of pyridine rings is 1. The number of aliphatic carboxylic acids is 1. The Labute approximate surface area is 126 Å². The Bertz CT molecular complexity index is 649. The normalized spacial score (nSPS) is 10.2. The number of nitrogens with one attached hydrogen (secondary N) is 1. The minimum atomic E-state index is -0.946. The van der Waals surface area contributed by atoms with Gasteiger partial charge in [0.15, 0.2) is 4.34 Å². The monoisotopic (exact) mass is 330 g/mol. The Morgan fingerprint density at radius 1 is 1.45 bits per heavy atom. The summed E-state index contributed by atoms with van der Waals surface area (Å²) >= 11 is 7.92. The predicted molar refractivity (Wildman–Crippen MR) is 75.5 cm³/mol. The van der Waals surface area contributed by atoms with Crippen molar-refractivity contribution in [2.45, 2.75) is 4.34 Å². The van der Waals surface area contributed by atoms with Crippen LogP contribution in [0.4, 0.5) is 5.13 Å². The molecule has 2 N–H and O–H groups in total. The molecule has 0 aliphatic carbocycles. The van der Waals surface area contributed by atoms with E-state index in [1.54, 1.807) is 6.07 Å². The molecule has 0 aliphatic heterocycles. The van der Waals surface area contributed by atoms with Crippen molar-refractivity contribution in [1.29, 1.82) is 0 Å². The molecule has 2 heterocycles. The van der Waals surface area contributed by atoms with E-state index in [1.165, 1.54) is 12.3 Å².